The number of alkyl halides is 3. The number of carboxylic acid groups (broad SMARTS) is 1. The summed E-state index contributed by atoms with van der Waals surface area (Å²) in [4.78, 5) is 23.7. The van der Waals surface area contributed by atoms with E-state index in [0.717, 1.165) is 25.0 Å². The molecule has 4 rings (SSSR count). The fraction of sp³-hybridized carbons (Fsp3) is 0.263. The fourth-order valence-corrected chi connectivity index (χ4v) is 3.47. The van der Waals surface area contributed by atoms with Crippen LogP contribution >= 0.6 is 12.2 Å². The van der Waals surface area contributed by atoms with E-state index in [1.165, 1.54) is 18.3 Å². The molecule has 2 N–H and O–H groups in total. The van der Waals surface area contributed by atoms with Crippen LogP contribution < -0.4 is 34.3 Å². The van der Waals surface area contributed by atoms with Crippen LogP contribution in [0.5, 0.6) is 5.75 Å². The second kappa shape index (κ2) is 8.73. The molecule has 0 spiro atoms. The van der Waals surface area contributed by atoms with Gasteiger partial charge in [-0.05, 0) is 44.0 Å². The van der Waals surface area contributed by atoms with E-state index in [1.54, 1.807) is 11.5 Å². The molecule has 0 amide bonds. The van der Waals surface area contributed by atoms with Crippen LogP contribution in [0.15, 0.2) is 30.5 Å². The third-order valence-corrected chi connectivity index (χ3v) is 4.88. The third-order valence-electron chi connectivity index (χ3n) is 4.55. The summed E-state index contributed by atoms with van der Waals surface area (Å²) < 4.78 is 43.1. The normalized spacial score (nSPS) is 13.5. The zero-order valence-electron chi connectivity index (χ0n) is 17.5. The van der Waals surface area contributed by atoms with Crippen molar-refractivity contribution < 1.29 is 58.8 Å². The van der Waals surface area contributed by atoms with E-state index in [1.807, 2.05) is 0 Å². The van der Waals surface area contributed by atoms with Crippen LogP contribution in [0.2, 0.25) is 0 Å². The number of nitrogens with one attached hydrogen (secondary N) is 1. The molecule has 1 fully saturated rings. The Balaban J connectivity index is 0.00000181. The molecule has 1 saturated carbocycles. The van der Waals surface area contributed by atoms with Gasteiger partial charge >= 0.3 is 41.9 Å². The molecule has 1 aliphatic rings. The molecule has 0 bridgehead atoms. The summed E-state index contributed by atoms with van der Waals surface area (Å²) in [5, 5.41) is 9.89. The summed E-state index contributed by atoms with van der Waals surface area (Å²) >= 11 is 5.33. The predicted molar refractivity (Wildman–Crippen MR) is 104 cm³/mol. The number of aromatic nitrogens is 4. The number of nitrogens with zero attached hydrogens (tertiary/aromatic N) is 3. The SMILES string of the molecule is Cc1ncc(-c2nc(-c3ccc(OC(F)(F)F)cc3)n(C3CC3)c2C(=O)O)c(=S)[nH]1.[H-].[Na+]. The summed E-state index contributed by atoms with van der Waals surface area (Å²) in [6, 6.07) is 5.08. The summed E-state index contributed by atoms with van der Waals surface area (Å²) in [5.74, 6) is -0.650. The number of hydrogen-bond acceptors (Lipinski definition) is 5. The first kappa shape index (κ1) is 23.5. The Morgan fingerprint density at radius 1 is 1.32 bits per heavy atom. The van der Waals surface area contributed by atoms with Gasteiger partial charge in [-0.3, -0.25) is 0 Å². The molecule has 0 atom stereocenters. The van der Waals surface area contributed by atoms with Gasteiger partial charge in [-0.15, -0.1) is 13.2 Å². The minimum absolute atomic E-state index is 0. The Morgan fingerprint density at radius 2 is 1.97 bits per heavy atom. The molecule has 3 aromatic rings. The molecule has 2 heterocycles. The van der Waals surface area contributed by atoms with Crippen LogP contribution in [0.3, 0.4) is 0 Å². The topological polar surface area (TPSA) is 93.0 Å². The molecule has 0 unspecified atom stereocenters. The van der Waals surface area contributed by atoms with Gasteiger partial charge in [0.15, 0.2) is 5.69 Å². The van der Waals surface area contributed by atoms with E-state index in [9.17, 15) is 23.1 Å². The van der Waals surface area contributed by atoms with Crippen molar-refractivity contribution in [3.8, 4) is 28.4 Å². The number of aromatic amines is 1. The van der Waals surface area contributed by atoms with Gasteiger partial charge in [-0.25, -0.2) is 14.8 Å². The van der Waals surface area contributed by atoms with Crippen molar-refractivity contribution in [3.05, 3.63) is 46.6 Å². The number of carboxylic acids is 1. The largest absolute Gasteiger partial charge is 1.00 e. The molecule has 7 nitrogen and oxygen atoms in total. The molecule has 12 heteroatoms. The first-order chi connectivity index (χ1) is 14.1. The van der Waals surface area contributed by atoms with Crippen molar-refractivity contribution in [2.24, 2.45) is 0 Å². The van der Waals surface area contributed by atoms with E-state index < -0.39 is 12.3 Å². The zero-order valence-corrected chi connectivity index (χ0v) is 19.3. The molecule has 0 aliphatic heterocycles. The van der Waals surface area contributed by atoms with Crippen LogP contribution in [-0.4, -0.2) is 37.0 Å². The molecular formula is C19H16F3N4NaO3S. The van der Waals surface area contributed by atoms with Crippen LogP contribution in [0.25, 0.3) is 22.6 Å². The Bertz CT molecular complexity index is 1190. The van der Waals surface area contributed by atoms with Crippen molar-refractivity contribution >= 4 is 18.2 Å². The molecule has 31 heavy (non-hydrogen) atoms. The number of aryl methyl sites for hydroxylation is 1. The van der Waals surface area contributed by atoms with Crippen molar-refractivity contribution in [3.63, 3.8) is 0 Å². The van der Waals surface area contributed by atoms with Crippen molar-refractivity contribution in [1.82, 2.24) is 19.5 Å². The maximum Gasteiger partial charge on any atom is 1.00 e. The van der Waals surface area contributed by atoms with Crippen LogP contribution in [0, 0.1) is 11.6 Å². The van der Waals surface area contributed by atoms with Crippen LogP contribution in [0.1, 0.15) is 36.6 Å². The van der Waals surface area contributed by atoms with Crippen molar-refractivity contribution in [2.75, 3.05) is 0 Å². The number of H-pyrrole nitrogens is 1. The smallest absolute Gasteiger partial charge is 1.00 e. The van der Waals surface area contributed by atoms with Crippen LogP contribution in [-0.2, 0) is 0 Å². The van der Waals surface area contributed by atoms with Gasteiger partial charge in [0.25, 0.3) is 0 Å². The van der Waals surface area contributed by atoms with Crippen molar-refractivity contribution in [2.45, 2.75) is 32.2 Å². The number of ether oxygens (including phenoxy) is 1. The minimum Gasteiger partial charge on any atom is -1.00 e. The molecule has 1 aliphatic carbocycles. The van der Waals surface area contributed by atoms with Gasteiger partial charge in [0, 0.05) is 17.8 Å². The summed E-state index contributed by atoms with van der Waals surface area (Å²) in [5.41, 5.74) is 0.952. The second-order valence-electron chi connectivity index (χ2n) is 6.82. The fourth-order valence-electron chi connectivity index (χ4n) is 3.17. The molecular weight excluding hydrogens is 444 g/mol. The molecule has 0 radical (unpaired) electrons. The number of rotatable bonds is 5. The molecule has 158 valence electrons. The number of carbonyl (C=O) groups is 1. The predicted octanol–water partition coefficient (Wildman–Crippen LogP) is 2.03. The maximum absolute atomic E-state index is 12.4. The standard InChI is InChI=1S/C19H15F3N4O3S.Na.H/c1-9-23-8-13(17(30)24-9)14-15(18(27)28)26(11-4-5-11)16(25-14)10-2-6-12(7-3-10)29-19(20,21)22;;/h2-3,6-8,11H,4-5H2,1H3,(H,27,28)(H,23,24,30);;/q;+1;-1. The number of imidazole rings is 1. The maximum atomic E-state index is 12.4. The number of benzene rings is 1. The van der Waals surface area contributed by atoms with E-state index in [-0.39, 0.29) is 54.2 Å². The number of aromatic carboxylic acids is 1. The summed E-state index contributed by atoms with van der Waals surface area (Å²) in [7, 11) is 0. The molecule has 1 aromatic carbocycles. The van der Waals surface area contributed by atoms with E-state index in [4.69, 9.17) is 12.2 Å². The first-order valence-corrected chi connectivity index (χ1v) is 9.33. The summed E-state index contributed by atoms with van der Waals surface area (Å²) in [6.45, 7) is 1.72. The van der Waals surface area contributed by atoms with E-state index in [0.29, 0.717) is 27.4 Å². The monoisotopic (exact) mass is 460 g/mol. The number of hydrogen-bond donors (Lipinski definition) is 2. The zero-order chi connectivity index (χ0) is 21.6. The van der Waals surface area contributed by atoms with Crippen LogP contribution in [0.4, 0.5) is 13.2 Å². The Labute approximate surface area is 203 Å². The van der Waals surface area contributed by atoms with Gasteiger partial charge < -0.3 is 20.8 Å². The third kappa shape index (κ3) is 5.00. The average molecular weight is 460 g/mol. The Morgan fingerprint density at radius 3 is 2.48 bits per heavy atom. The second-order valence-corrected chi connectivity index (χ2v) is 7.23. The van der Waals surface area contributed by atoms with E-state index in [2.05, 4.69) is 19.7 Å². The van der Waals surface area contributed by atoms with Gasteiger partial charge in [-0.2, -0.15) is 0 Å². The van der Waals surface area contributed by atoms with E-state index >= 15 is 0 Å². The molecule has 0 saturated heterocycles. The average Bonchev–Trinajstić information content (AvgIpc) is 3.41. The van der Waals surface area contributed by atoms with Gasteiger partial charge in [0.2, 0.25) is 0 Å². The Kier molecular flexibility index (Phi) is 6.61. The first-order valence-electron chi connectivity index (χ1n) is 8.92. The molecule has 2 aromatic heterocycles. The van der Waals surface area contributed by atoms with Gasteiger partial charge in [-0.1, -0.05) is 12.2 Å². The van der Waals surface area contributed by atoms with Crippen molar-refractivity contribution in [1.29, 1.82) is 0 Å². The number of halogens is 3. The quantitative estimate of drug-likeness (QED) is 0.447. The Hall–Kier alpha value is -2.21. The summed E-state index contributed by atoms with van der Waals surface area (Å²) in [6.07, 6.45) is -1.79. The van der Waals surface area contributed by atoms with Gasteiger partial charge in [0.1, 0.15) is 27.7 Å². The van der Waals surface area contributed by atoms with Gasteiger partial charge in [0.05, 0.1) is 5.56 Å². The minimum atomic E-state index is -4.80.